The van der Waals surface area contributed by atoms with Crippen molar-refractivity contribution < 1.29 is 18.4 Å². The number of benzene rings is 2. The third-order valence-corrected chi connectivity index (χ3v) is 4.27. The predicted molar refractivity (Wildman–Crippen MR) is 103 cm³/mol. The second-order valence-corrected chi connectivity index (χ2v) is 7.79. The van der Waals surface area contributed by atoms with Gasteiger partial charge in [-0.1, -0.05) is 42.5 Å². The Kier molecular flexibility index (Phi) is 6.18. The summed E-state index contributed by atoms with van der Waals surface area (Å²) in [6.45, 7) is 3.00. The Morgan fingerprint density at radius 3 is 2.38 bits per heavy atom. The smallest absolute Gasteiger partial charge is 0.243 e. The van der Waals surface area contributed by atoms with Crippen LogP contribution in [0.15, 0.2) is 54.6 Å². The van der Waals surface area contributed by atoms with E-state index in [0.717, 1.165) is 22.9 Å². The van der Waals surface area contributed by atoms with Gasteiger partial charge in [0.05, 0.1) is 12.3 Å². The summed E-state index contributed by atoms with van der Waals surface area (Å²) in [5.41, 5.74) is 3.18. The van der Waals surface area contributed by atoms with Gasteiger partial charge in [0.15, 0.2) is 0 Å². The Labute approximate surface area is 153 Å². The van der Waals surface area contributed by atoms with E-state index in [1.54, 1.807) is 31.2 Å². The SMILES string of the molecule is CC(=O)N(O)[C@@H](C)/C=C/c1cccc(-c2cccc(NS(C)(=O)=O)c2)c1. The number of anilines is 1. The van der Waals surface area contributed by atoms with E-state index in [2.05, 4.69) is 4.72 Å². The summed E-state index contributed by atoms with van der Waals surface area (Å²) in [4.78, 5) is 11.2. The Morgan fingerprint density at radius 1 is 1.15 bits per heavy atom. The fourth-order valence-electron chi connectivity index (χ4n) is 2.42. The van der Waals surface area contributed by atoms with Gasteiger partial charge in [0.2, 0.25) is 15.9 Å². The monoisotopic (exact) mass is 374 g/mol. The average Bonchev–Trinajstić information content (AvgIpc) is 2.58. The third kappa shape index (κ3) is 5.72. The van der Waals surface area contributed by atoms with Gasteiger partial charge in [-0.25, -0.2) is 13.5 Å². The molecule has 1 atom stereocenters. The molecule has 0 aliphatic heterocycles. The summed E-state index contributed by atoms with van der Waals surface area (Å²) in [5, 5.41) is 10.3. The maximum absolute atomic E-state index is 11.4. The van der Waals surface area contributed by atoms with Crippen LogP contribution in [0.25, 0.3) is 17.2 Å². The zero-order chi connectivity index (χ0) is 19.3. The summed E-state index contributed by atoms with van der Waals surface area (Å²) < 4.78 is 25.2. The highest BCUT2D eigenvalue weighted by molar-refractivity contribution is 7.92. The molecule has 2 rings (SSSR count). The lowest BCUT2D eigenvalue weighted by Gasteiger charge is -2.17. The van der Waals surface area contributed by atoms with Gasteiger partial charge in [0.1, 0.15) is 0 Å². The van der Waals surface area contributed by atoms with Crippen molar-refractivity contribution in [3.63, 3.8) is 0 Å². The fraction of sp³-hybridized carbons (Fsp3) is 0.211. The van der Waals surface area contributed by atoms with Crippen LogP contribution in [0.1, 0.15) is 19.4 Å². The standard InChI is InChI=1S/C19H22N2O4S/c1-14(21(23)15(2)22)10-11-16-6-4-7-17(12-16)18-8-5-9-19(13-18)20-26(3,24)25/h4-14,20,23H,1-3H3/b11-10+/t14-/m0/s1. The Balaban J connectivity index is 2.24. The quantitative estimate of drug-likeness (QED) is 0.599. The van der Waals surface area contributed by atoms with Gasteiger partial charge in [0, 0.05) is 12.6 Å². The molecule has 0 saturated heterocycles. The summed E-state index contributed by atoms with van der Waals surface area (Å²) in [5.74, 6) is -0.425. The minimum absolute atomic E-state index is 0.425. The maximum Gasteiger partial charge on any atom is 0.243 e. The first-order valence-electron chi connectivity index (χ1n) is 8.01. The second-order valence-electron chi connectivity index (χ2n) is 6.04. The van der Waals surface area contributed by atoms with E-state index in [0.29, 0.717) is 10.8 Å². The van der Waals surface area contributed by atoms with Crippen molar-refractivity contribution in [2.24, 2.45) is 0 Å². The fourth-order valence-corrected chi connectivity index (χ4v) is 2.97. The number of nitrogens with one attached hydrogen (secondary N) is 1. The van der Waals surface area contributed by atoms with Crippen LogP contribution in [0, 0.1) is 0 Å². The molecule has 1 amide bonds. The van der Waals surface area contributed by atoms with Crippen LogP contribution in [0.4, 0.5) is 5.69 Å². The van der Waals surface area contributed by atoms with Gasteiger partial charge in [0.25, 0.3) is 0 Å². The van der Waals surface area contributed by atoms with Crippen molar-refractivity contribution in [2.75, 3.05) is 11.0 Å². The zero-order valence-electron chi connectivity index (χ0n) is 14.9. The molecule has 0 aliphatic carbocycles. The van der Waals surface area contributed by atoms with E-state index >= 15 is 0 Å². The van der Waals surface area contributed by atoms with E-state index in [1.165, 1.54) is 6.92 Å². The summed E-state index contributed by atoms with van der Waals surface area (Å²) in [6.07, 6.45) is 4.65. The van der Waals surface area contributed by atoms with E-state index in [1.807, 2.05) is 36.4 Å². The number of amides is 1. The van der Waals surface area contributed by atoms with E-state index in [-0.39, 0.29) is 0 Å². The molecule has 6 nitrogen and oxygen atoms in total. The third-order valence-electron chi connectivity index (χ3n) is 3.66. The lowest BCUT2D eigenvalue weighted by Crippen LogP contribution is -2.32. The molecule has 0 fully saturated rings. The van der Waals surface area contributed by atoms with Crippen LogP contribution >= 0.6 is 0 Å². The Morgan fingerprint density at radius 2 is 1.77 bits per heavy atom. The molecule has 2 aromatic carbocycles. The normalized spacial score (nSPS) is 12.8. The first-order valence-corrected chi connectivity index (χ1v) is 9.90. The van der Waals surface area contributed by atoms with Crippen molar-refractivity contribution in [2.45, 2.75) is 19.9 Å². The number of hydrogen-bond acceptors (Lipinski definition) is 4. The first-order chi connectivity index (χ1) is 12.2. The molecule has 0 aromatic heterocycles. The molecule has 0 heterocycles. The second kappa shape index (κ2) is 8.16. The molecular formula is C19H22N2O4S. The van der Waals surface area contributed by atoms with E-state index in [9.17, 15) is 18.4 Å². The first kappa shape index (κ1) is 19.7. The molecule has 0 spiro atoms. The molecule has 138 valence electrons. The van der Waals surface area contributed by atoms with E-state index in [4.69, 9.17) is 0 Å². The highest BCUT2D eigenvalue weighted by atomic mass is 32.2. The molecule has 7 heteroatoms. The predicted octanol–water partition coefficient (Wildman–Crippen LogP) is 3.36. The minimum atomic E-state index is -3.33. The zero-order valence-corrected chi connectivity index (χ0v) is 15.7. The van der Waals surface area contributed by atoms with Crippen LogP contribution in [-0.4, -0.2) is 36.9 Å². The van der Waals surface area contributed by atoms with Gasteiger partial charge in [-0.3, -0.25) is 14.7 Å². The van der Waals surface area contributed by atoms with Crippen LogP contribution in [-0.2, 0) is 14.8 Å². The van der Waals surface area contributed by atoms with Gasteiger partial charge in [-0.2, -0.15) is 0 Å². The number of carbonyl (C=O) groups excluding carboxylic acids is 1. The number of nitrogens with zero attached hydrogens (tertiary/aromatic N) is 1. The molecule has 2 aromatic rings. The molecular weight excluding hydrogens is 352 g/mol. The van der Waals surface area contributed by atoms with Crippen molar-refractivity contribution in [1.29, 1.82) is 0 Å². The van der Waals surface area contributed by atoms with Crippen LogP contribution in [0.5, 0.6) is 0 Å². The molecule has 0 unspecified atom stereocenters. The number of sulfonamides is 1. The summed E-state index contributed by atoms with van der Waals surface area (Å²) in [7, 11) is -3.33. The molecule has 0 bridgehead atoms. The molecule has 0 radical (unpaired) electrons. The maximum atomic E-state index is 11.4. The van der Waals surface area contributed by atoms with Crippen molar-refractivity contribution in [1.82, 2.24) is 5.06 Å². The largest absolute Gasteiger partial charge is 0.285 e. The Hall–Kier alpha value is -2.64. The molecule has 26 heavy (non-hydrogen) atoms. The molecule has 0 aliphatic rings. The van der Waals surface area contributed by atoms with Gasteiger partial charge in [-0.15, -0.1) is 0 Å². The molecule has 2 N–H and O–H groups in total. The summed E-state index contributed by atoms with van der Waals surface area (Å²) in [6, 6.07) is 14.3. The van der Waals surface area contributed by atoms with Gasteiger partial charge < -0.3 is 0 Å². The van der Waals surface area contributed by atoms with Gasteiger partial charge in [-0.05, 0) is 41.8 Å². The molecule has 0 saturated carbocycles. The van der Waals surface area contributed by atoms with Crippen molar-refractivity contribution in [3.8, 4) is 11.1 Å². The van der Waals surface area contributed by atoms with E-state index < -0.39 is 22.0 Å². The number of hydrogen-bond donors (Lipinski definition) is 2. The van der Waals surface area contributed by atoms with Crippen molar-refractivity contribution >= 4 is 27.7 Å². The number of rotatable bonds is 6. The Bertz CT molecular complexity index is 923. The van der Waals surface area contributed by atoms with Gasteiger partial charge >= 0.3 is 0 Å². The van der Waals surface area contributed by atoms with Crippen LogP contribution < -0.4 is 4.72 Å². The van der Waals surface area contributed by atoms with Crippen LogP contribution in [0.3, 0.4) is 0 Å². The number of hydroxylamine groups is 2. The minimum Gasteiger partial charge on any atom is -0.285 e. The number of carbonyl (C=O) groups is 1. The average molecular weight is 374 g/mol. The highest BCUT2D eigenvalue weighted by Gasteiger charge is 2.10. The summed E-state index contributed by atoms with van der Waals surface area (Å²) >= 11 is 0. The van der Waals surface area contributed by atoms with Crippen molar-refractivity contribution in [3.05, 3.63) is 60.2 Å². The lowest BCUT2D eigenvalue weighted by atomic mass is 10.0. The van der Waals surface area contributed by atoms with Crippen LogP contribution in [0.2, 0.25) is 0 Å². The topological polar surface area (TPSA) is 86.7 Å². The highest BCUT2D eigenvalue weighted by Crippen LogP contribution is 2.24. The lowest BCUT2D eigenvalue weighted by molar-refractivity contribution is -0.167.